The highest BCUT2D eigenvalue weighted by Crippen LogP contribution is 2.00. The molecule has 0 fully saturated rings. The van der Waals surface area contributed by atoms with Gasteiger partial charge >= 0.3 is 0 Å². The SMILES string of the molecule is CCNC(C)(C)C(=O)NCCCOCC. The molecule has 4 heteroatoms. The lowest BCUT2D eigenvalue weighted by Crippen LogP contribution is -2.52. The number of carbonyl (C=O) groups is 1. The first-order chi connectivity index (χ1) is 7.04. The van der Waals surface area contributed by atoms with Gasteiger partial charge in [-0.3, -0.25) is 4.79 Å². The zero-order valence-corrected chi connectivity index (χ0v) is 10.4. The van der Waals surface area contributed by atoms with E-state index in [0.29, 0.717) is 13.2 Å². The minimum Gasteiger partial charge on any atom is -0.382 e. The average Bonchev–Trinajstić information content (AvgIpc) is 2.17. The molecule has 0 radical (unpaired) electrons. The minimum atomic E-state index is -0.486. The molecule has 4 nitrogen and oxygen atoms in total. The molecule has 0 aromatic rings. The van der Waals surface area contributed by atoms with E-state index in [0.717, 1.165) is 19.6 Å². The van der Waals surface area contributed by atoms with Crippen LogP contribution in [0.1, 0.15) is 34.1 Å². The van der Waals surface area contributed by atoms with Crippen LogP contribution in [0.5, 0.6) is 0 Å². The average molecular weight is 216 g/mol. The molecule has 0 rings (SSSR count). The van der Waals surface area contributed by atoms with E-state index in [1.54, 1.807) is 0 Å². The van der Waals surface area contributed by atoms with Crippen LogP contribution < -0.4 is 10.6 Å². The summed E-state index contributed by atoms with van der Waals surface area (Å²) >= 11 is 0. The standard InChI is InChI=1S/C11H24N2O2/c1-5-13-11(3,4)10(14)12-8-7-9-15-6-2/h13H,5-9H2,1-4H3,(H,12,14). The van der Waals surface area contributed by atoms with Crippen LogP contribution in [0.4, 0.5) is 0 Å². The monoisotopic (exact) mass is 216 g/mol. The van der Waals surface area contributed by atoms with Crippen LogP contribution in [-0.4, -0.2) is 37.7 Å². The summed E-state index contributed by atoms with van der Waals surface area (Å²) in [7, 11) is 0. The van der Waals surface area contributed by atoms with Crippen molar-refractivity contribution >= 4 is 5.91 Å². The van der Waals surface area contributed by atoms with Crippen LogP contribution in [0.3, 0.4) is 0 Å². The van der Waals surface area contributed by atoms with Crippen molar-refractivity contribution in [2.45, 2.75) is 39.7 Å². The zero-order chi connectivity index (χ0) is 11.7. The maximum absolute atomic E-state index is 11.7. The molecule has 0 aromatic heterocycles. The molecule has 0 saturated carbocycles. The van der Waals surface area contributed by atoms with Gasteiger partial charge in [-0.15, -0.1) is 0 Å². The van der Waals surface area contributed by atoms with Crippen molar-refractivity contribution in [2.24, 2.45) is 0 Å². The maximum atomic E-state index is 11.7. The van der Waals surface area contributed by atoms with E-state index in [1.807, 2.05) is 27.7 Å². The van der Waals surface area contributed by atoms with Crippen LogP contribution in [0, 0.1) is 0 Å². The molecule has 90 valence electrons. The first kappa shape index (κ1) is 14.4. The lowest BCUT2D eigenvalue weighted by atomic mass is 10.0. The van der Waals surface area contributed by atoms with Crippen molar-refractivity contribution in [2.75, 3.05) is 26.3 Å². The molecule has 2 N–H and O–H groups in total. The van der Waals surface area contributed by atoms with Crippen LogP contribution in [-0.2, 0) is 9.53 Å². The highest BCUT2D eigenvalue weighted by molar-refractivity contribution is 5.85. The molecule has 0 unspecified atom stereocenters. The lowest BCUT2D eigenvalue weighted by Gasteiger charge is -2.24. The van der Waals surface area contributed by atoms with Crippen molar-refractivity contribution in [3.63, 3.8) is 0 Å². The van der Waals surface area contributed by atoms with Gasteiger partial charge < -0.3 is 15.4 Å². The van der Waals surface area contributed by atoms with Crippen LogP contribution in [0.25, 0.3) is 0 Å². The number of hydrogen-bond donors (Lipinski definition) is 2. The summed E-state index contributed by atoms with van der Waals surface area (Å²) in [6.07, 6.45) is 0.863. The number of carbonyl (C=O) groups excluding carboxylic acids is 1. The third kappa shape index (κ3) is 6.47. The smallest absolute Gasteiger partial charge is 0.239 e. The molecular weight excluding hydrogens is 192 g/mol. The van der Waals surface area contributed by atoms with Crippen LogP contribution in [0.15, 0.2) is 0 Å². The fraction of sp³-hybridized carbons (Fsp3) is 0.909. The Morgan fingerprint density at radius 3 is 2.53 bits per heavy atom. The highest BCUT2D eigenvalue weighted by Gasteiger charge is 2.25. The van der Waals surface area contributed by atoms with Crippen LogP contribution >= 0.6 is 0 Å². The Balaban J connectivity index is 3.64. The molecule has 0 aromatic carbocycles. The number of amides is 1. The molecule has 0 heterocycles. The van der Waals surface area contributed by atoms with Gasteiger partial charge in [0, 0.05) is 19.8 Å². The summed E-state index contributed by atoms with van der Waals surface area (Å²) < 4.78 is 5.18. The Labute approximate surface area is 92.8 Å². The third-order valence-electron chi connectivity index (χ3n) is 2.14. The highest BCUT2D eigenvalue weighted by atomic mass is 16.5. The van der Waals surface area contributed by atoms with E-state index in [4.69, 9.17) is 4.74 Å². The quantitative estimate of drug-likeness (QED) is 0.593. The van der Waals surface area contributed by atoms with Crippen molar-refractivity contribution in [1.82, 2.24) is 10.6 Å². The molecular formula is C11H24N2O2. The van der Waals surface area contributed by atoms with E-state index in [-0.39, 0.29) is 5.91 Å². The predicted molar refractivity (Wildman–Crippen MR) is 61.9 cm³/mol. The largest absolute Gasteiger partial charge is 0.382 e. The lowest BCUT2D eigenvalue weighted by molar-refractivity contribution is -0.126. The summed E-state index contributed by atoms with van der Waals surface area (Å²) in [4.78, 5) is 11.7. The molecule has 0 aliphatic heterocycles. The van der Waals surface area contributed by atoms with Gasteiger partial charge in [-0.05, 0) is 33.7 Å². The molecule has 0 aliphatic rings. The van der Waals surface area contributed by atoms with Crippen LogP contribution in [0.2, 0.25) is 0 Å². The van der Waals surface area contributed by atoms with E-state index in [9.17, 15) is 4.79 Å². The Morgan fingerprint density at radius 2 is 2.00 bits per heavy atom. The minimum absolute atomic E-state index is 0.0425. The Morgan fingerprint density at radius 1 is 1.33 bits per heavy atom. The van der Waals surface area contributed by atoms with Crippen molar-refractivity contribution < 1.29 is 9.53 Å². The molecule has 0 atom stereocenters. The summed E-state index contributed by atoms with van der Waals surface area (Å²) in [5, 5.41) is 6.02. The number of hydrogen-bond acceptors (Lipinski definition) is 3. The predicted octanol–water partition coefficient (Wildman–Crippen LogP) is 0.917. The molecule has 15 heavy (non-hydrogen) atoms. The molecule has 0 spiro atoms. The Bertz CT molecular complexity index is 181. The summed E-state index contributed by atoms with van der Waals surface area (Å²) in [6.45, 7) is 10.6. The normalized spacial score (nSPS) is 11.5. The van der Waals surface area contributed by atoms with Gasteiger partial charge in [0.25, 0.3) is 0 Å². The number of rotatable bonds is 8. The summed E-state index contributed by atoms with van der Waals surface area (Å²) in [5.74, 6) is 0.0425. The fourth-order valence-electron chi connectivity index (χ4n) is 1.26. The fourth-order valence-corrected chi connectivity index (χ4v) is 1.26. The number of ether oxygens (including phenoxy) is 1. The Hall–Kier alpha value is -0.610. The van der Waals surface area contributed by atoms with E-state index in [1.165, 1.54) is 0 Å². The summed E-state index contributed by atoms with van der Waals surface area (Å²) in [6, 6.07) is 0. The Kier molecular flexibility index (Phi) is 7.34. The molecule has 0 aliphatic carbocycles. The van der Waals surface area contributed by atoms with Crippen molar-refractivity contribution in [3.8, 4) is 0 Å². The van der Waals surface area contributed by atoms with E-state index < -0.39 is 5.54 Å². The third-order valence-corrected chi connectivity index (χ3v) is 2.14. The van der Waals surface area contributed by atoms with Gasteiger partial charge in [0.1, 0.15) is 0 Å². The number of nitrogens with one attached hydrogen (secondary N) is 2. The van der Waals surface area contributed by atoms with Crippen molar-refractivity contribution in [3.05, 3.63) is 0 Å². The first-order valence-electron chi connectivity index (χ1n) is 5.65. The second-order valence-corrected chi connectivity index (χ2v) is 3.96. The maximum Gasteiger partial charge on any atom is 0.239 e. The van der Waals surface area contributed by atoms with Gasteiger partial charge in [-0.2, -0.15) is 0 Å². The zero-order valence-electron chi connectivity index (χ0n) is 10.4. The molecule has 0 bridgehead atoms. The van der Waals surface area contributed by atoms with Gasteiger partial charge in [0.2, 0.25) is 5.91 Å². The van der Waals surface area contributed by atoms with Gasteiger partial charge in [-0.25, -0.2) is 0 Å². The second-order valence-electron chi connectivity index (χ2n) is 3.96. The van der Waals surface area contributed by atoms with Crippen molar-refractivity contribution in [1.29, 1.82) is 0 Å². The molecule has 0 saturated heterocycles. The topological polar surface area (TPSA) is 50.4 Å². The number of likely N-dealkylation sites (N-methyl/N-ethyl adjacent to an activating group) is 1. The first-order valence-corrected chi connectivity index (χ1v) is 5.65. The summed E-state index contributed by atoms with van der Waals surface area (Å²) in [5.41, 5.74) is -0.486. The van der Waals surface area contributed by atoms with Gasteiger partial charge in [0.05, 0.1) is 5.54 Å². The van der Waals surface area contributed by atoms with E-state index in [2.05, 4.69) is 10.6 Å². The van der Waals surface area contributed by atoms with Gasteiger partial charge in [0.15, 0.2) is 0 Å². The van der Waals surface area contributed by atoms with E-state index >= 15 is 0 Å². The van der Waals surface area contributed by atoms with Gasteiger partial charge in [-0.1, -0.05) is 6.92 Å². The second kappa shape index (κ2) is 7.65. The molecule has 1 amide bonds.